The van der Waals surface area contributed by atoms with E-state index in [1.165, 1.54) is 30.5 Å². The van der Waals surface area contributed by atoms with Crippen molar-refractivity contribution in [2.24, 2.45) is 5.92 Å². The van der Waals surface area contributed by atoms with Crippen LogP contribution in [0.4, 0.5) is 10.1 Å². The smallest absolute Gasteiger partial charge is 0.274 e. The number of amides is 1. The first-order valence-electron chi connectivity index (χ1n) is 9.19. The van der Waals surface area contributed by atoms with Crippen LogP contribution in [0.2, 0.25) is 0 Å². The van der Waals surface area contributed by atoms with Crippen LogP contribution in [0.25, 0.3) is 0 Å². The summed E-state index contributed by atoms with van der Waals surface area (Å²) in [7, 11) is 0. The fourth-order valence-corrected chi connectivity index (χ4v) is 3.67. The number of aromatic nitrogens is 1. The number of carbonyl (C=O) groups excluding carboxylic acids is 1. The fraction of sp³-hybridized carbons (Fsp3) is 0.318. The van der Waals surface area contributed by atoms with Crippen molar-refractivity contribution in [3.05, 3.63) is 71.0 Å². The summed E-state index contributed by atoms with van der Waals surface area (Å²) in [5.41, 5.74) is 0.767. The first-order chi connectivity index (χ1) is 13.3. The highest BCUT2D eigenvalue weighted by atomic mass is 19.1. The molecule has 144 valence electrons. The minimum atomic E-state index is -0.640. The lowest BCUT2D eigenvalue weighted by atomic mass is 9.68. The Morgan fingerprint density at radius 3 is 2.79 bits per heavy atom. The van der Waals surface area contributed by atoms with Crippen molar-refractivity contribution in [2.45, 2.75) is 38.5 Å². The lowest BCUT2D eigenvalue weighted by molar-refractivity contribution is 0.102. The van der Waals surface area contributed by atoms with Crippen LogP contribution in [0.5, 0.6) is 0 Å². The van der Waals surface area contributed by atoms with Gasteiger partial charge in [0.05, 0.1) is 11.3 Å². The van der Waals surface area contributed by atoms with Crippen molar-refractivity contribution in [2.75, 3.05) is 5.32 Å². The van der Waals surface area contributed by atoms with Crippen molar-refractivity contribution in [3.63, 3.8) is 0 Å². The second-order valence-corrected chi connectivity index (χ2v) is 7.53. The van der Waals surface area contributed by atoms with Gasteiger partial charge in [0.1, 0.15) is 17.6 Å². The van der Waals surface area contributed by atoms with Gasteiger partial charge < -0.3 is 10.4 Å². The van der Waals surface area contributed by atoms with Crippen molar-refractivity contribution in [1.29, 1.82) is 5.26 Å². The molecule has 1 amide bonds. The van der Waals surface area contributed by atoms with Crippen molar-refractivity contribution in [3.8, 4) is 6.07 Å². The van der Waals surface area contributed by atoms with Gasteiger partial charge in [-0.2, -0.15) is 5.26 Å². The molecule has 1 aliphatic carbocycles. The molecular weight excluding hydrogens is 357 g/mol. The van der Waals surface area contributed by atoms with Gasteiger partial charge in [-0.15, -0.1) is 0 Å². The molecule has 5 nitrogen and oxygen atoms in total. The minimum Gasteiger partial charge on any atom is -0.512 e. The lowest BCUT2D eigenvalue weighted by Gasteiger charge is -2.36. The van der Waals surface area contributed by atoms with Gasteiger partial charge in [0.25, 0.3) is 5.91 Å². The highest BCUT2D eigenvalue weighted by molar-refractivity contribution is 6.02. The Hall–Kier alpha value is -3.20. The number of pyridine rings is 1. The zero-order chi connectivity index (χ0) is 20.3. The number of nitrogens with one attached hydrogen (secondary N) is 1. The topological polar surface area (TPSA) is 86.0 Å². The molecule has 28 heavy (non-hydrogen) atoms. The molecule has 6 heteroatoms. The molecule has 0 bridgehead atoms. The molecule has 0 fully saturated rings. The van der Waals surface area contributed by atoms with E-state index in [0.717, 1.165) is 19.3 Å². The first kappa shape index (κ1) is 19.6. The van der Waals surface area contributed by atoms with E-state index >= 15 is 0 Å². The molecule has 0 saturated heterocycles. The van der Waals surface area contributed by atoms with Gasteiger partial charge in [0, 0.05) is 23.2 Å². The van der Waals surface area contributed by atoms with Crippen LogP contribution in [-0.2, 0) is 5.41 Å². The molecule has 0 radical (unpaired) electrons. The predicted molar refractivity (Wildman–Crippen MR) is 104 cm³/mol. The van der Waals surface area contributed by atoms with Crippen LogP contribution in [0.3, 0.4) is 0 Å². The number of rotatable bonds is 4. The third-order valence-corrected chi connectivity index (χ3v) is 5.32. The molecule has 1 aliphatic rings. The SMILES string of the molecule is CC(C)(c1cc(NC(=O)c2ccc(C#N)cn2)ccc1F)C1CCCC=C1O. The highest BCUT2D eigenvalue weighted by Crippen LogP contribution is 2.42. The number of nitriles is 1. The van der Waals surface area contributed by atoms with Crippen LogP contribution in [0, 0.1) is 23.1 Å². The Morgan fingerprint density at radius 2 is 2.14 bits per heavy atom. The number of benzene rings is 1. The molecule has 3 rings (SSSR count). The summed E-state index contributed by atoms with van der Waals surface area (Å²) in [5.74, 6) is -0.702. The van der Waals surface area contributed by atoms with Crippen LogP contribution >= 0.6 is 0 Å². The Morgan fingerprint density at radius 1 is 1.36 bits per heavy atom. The number of halogens is 1. The van der Waals surface area contributed by atoms with E-state index in [1.54, 1.807) is 12.1 Å². The molecule has 0 spiro atoms. The third kappa shape index (κ3) is 3.89. The third-order valence-electron chi connectivity index (χ3n) is 5.32. The van der Waals surface area contributed by atoms with Gasteiger partial charge in [-0.05, 0) is 61.2 Å². The monoisotopic (exact) mass is 379 g/mol. The first-order valence-corrected chi connectivity index (χ1v) is 9.19. The summed E-state index contributed by atoms with van der Waals surface area (Å²) >= 11 is 0. The van der Waals surface area contributed by atoms with E-state index in [9.17, 15) is 14.3 Å². The number of nitrogens with zero attached hydrogens (tertiary/aromatic N) is 2. The van der Waals surface area contributed by atoms with E-state index in [2.05, 4.69) is 10.3 Å². The van der Waals surface area contributed by atoms with E-state index in [4.69, 9.17) is 5.26 Å². The molecule has 1 unspecified atom stereocenters. The zero-order valence-corrected chi connectivity index (χ0v) is 15.9. The Labute approximate surface area is 163 Å². The Kier molecular flexibility index (Phi) is 5.46. The molecule has 2 aromatic rings. The maximum Gasteiger partial charge on any atom is 0.274 e. The van der Waals surface area contributed by atoms with E-state index in [1.807, 2.05) is 19.9 Å². The summed E-state index contributed by atoms with van der Waals surface area (Å²) in [4.78, 5) is 16.4. The van der Waals surface area contributed by atoms with Gasteiger partial charge >= 0.3 is 0 Å². The summed E-state index contributed by atoms with van der Waals surface area (Å²) in [5, 5.41) is 21.8. The molecule has 0 aliphatic heterocycles. The quantitative estimate of drug-likeness (QED) is 0.794. The van der Waals surface area contributed by atoms with Gasteiger partial charge in [-0.1, -0.05) is 13.8 Å². The molecule has 1 aromatic heterocycles. The number of hydrogen-bond acceptors (Lipinski definition) is 4. The maximum atomic E-state index is 14.6. The predicted octanol–water partition coefficient (Wildman–Crippen LogP) is 4.86. The summed E-state index contributed by atoms with van der Waals surface area (Å²) < 4.78 is 14.6. The molecule has 1 aromatic carbocycles. The number of anilines is 1. The van der Waals surface area contributed by atoms with Crippen molar-refractivity contribution < 1.29 is 14.3 Å². The fourth-order valence-electron chi connectivity index (χ4n) is 3.67. The van der Waals surface area contributed by atoms with E-state index in [0.29, 0.717) is 22.6 Å². The van der Waals surface area contributed by atoms with Crippen LogP contribution in [0.1, 0.15) is 54.7 Å². The highest BCUT2D eigenvalue weighted by Gasteiger charge is 2.37. The van der Waals surface area contributed by atoms with Crippen molar-refractivity contribution in [1.82, 2.24) is 4.98 Å². The molecule has 1 heterocycles. The van der Waals surface area contributed by atoms with Gasteiger partial charge in [-0.3, -0.25) is 4.79 Å². The molecule has 2 N–H and O–H groups in total. The summed E-state index contributed by atoms with van der Waals surface area (Å²) in [6.45, 7) is 3.80. The maximum absolute atomic E-state index is 14.6. The molecular formula is C22H22FN3O2. The summed E-state index contributed by atoms with van der Waals surface area (Å²) in [6, 6.07) is 9.35. The molecule has 0 saturated carbocycles. The average molecular weight is 379 g/mol. The van der Waals surface area contributed by atoms with Gasteiger partial charge in [-0.25, -0.2) is 9.37 Å². The number of aliphatic hydroxyl groups excluding tert-OH is 1. The normalized spacial score (nSPS) is 16.8. The minimum absolute atomic E-state index is 0.164. The van der Waals surface area contributed by atoms with E-state index in [-0.39, 0.29) is 17.4 Å². The lowest BCUT2D eigenvalue weighted by Crippen LogP contribution is -2.32. The number of carbonyl (C=O) groups is 1. The van der Waals surface area contributed by atoms with Crippen molar-refractivity contribution >= 4 is 11.6 Å². The van der Waals surface area contributed by atoms with E-state index < -0.39 is 11.3 Å². The number of aliphatic hydroxyl groups is 1. The second kappa shape index (κ2) is 7.81. The second-order valence-electron chi connectivity index (χ2n) is 7.53. The number of allylic oxidation sites excluding steroid dienone is 2. The Bertz CT molecular complexity index is 959. The zero-order valence-electron chi connectivity index (χ0n) is 15.9. The van der Waals surface area contributed by atoms with Gasteiger partial charge in [0.15, 0.2) is 0 Å². The Balaban J connectivity index is 1.86. The molecule has 1 atom stereocenters. The van der Waals surface area contributed by atoms with Crippen LogP contribution < -0.4 is 5.32 Å². The average Bonchev–Trinajstić information content (AvgIpc) is 2.69. The van der Waals surface area contributed by atoms with Crippen LogP contribution in [0.15, 0.2) is 48.4 Å². The largest absolute Gasteiger partial charge is 0.512 e. The standard InChI is InChI=1S/C22H22FN3O2/c1-22(2,16-5-3-4-6-20(16)27)17-11-15(8-9-18(17)23)26-21(28)19-10-7-14(12-24)13-25-19/h6-11,13,16,27H,3-5H2,1-2H3,(H,26,28). The number of hydrogen-bond donors (Lipinski definition) is 2. The van der Waals surface area contributed by atoms with Gasteiger partial charge in [0.2, 0.25) is 0 Å². The summed E-state index contributed by atoms with van der Waals surface area (Å²) in [6.07, 6.45) is 5.68. The van der Waals surface area contributed by atoms with Crippen LogP contribution in [-0.4, -0.2) is 16.0 Å².